The highest BCUT2D eigenvalue weighted by Gasteiger charge is 2.41. The van der Waals surface area contributed by atoms with Crippen molar-refractivity contribution in [3.05, 3.63) is 83.9 Å². The van der Waals surface area contributed by atoms with Crippen LogP contribution in [-0.2, 0) is 28.7 Å². The lowest BCUT2D eigenvalue weighted by Gasteiger charge is -2.36. The van der Waals surface area contributed by atoms with E-state index in [1.165, 1.54) is 19.4 Å². The van der Waals surface area contributed by atoms with Crippen molar-refractivity contribution in [1.29, 1.82) is 0 Å². The van der Waals surface area contributed by atoms with Crippen LogP contribution in [-0.4, -0.2) is 105 Å². The van der Waals surface area contributed by atoms with E-state index in [4.69, 9.17) is 9.47 Å². The van der Waals surface area contributed by atoms with Crippen molar-refractivity contribution in [2.75, 3.05) is 42.8 Å². The van der Waals surface area contributed by atoms with Crippen LogP contribution >= 0.6 is 0 Å². The third-order valence-electron chi connectivity index (χ3n) is 13.8. The minimum Gasteiger partial charge on any atom is -0.453 e. The van der Waals surface area contributed by atoms with Crippen molar-refractivity contribution in [1.82, 2.24) is 20.4 Å². The van der Waals surface area contributed by atoms with Gasteiger partial charge in [0.15, 0.2) is 0 Å². The number of amides is 6. The van der Waals surface area contributed by atoms with E-state index >= 15 is 0 Å². The molecule has 3 aliphatic rings. The molecule has 3 aromatic carbocycles. The second kappa shape index (κ2) is 21.6. The predicted molar refractivity (Wildman–Crippen MR) is 259 cm³/mol. The smallest absolute Gasteiger partial charge is 0.407 e. The van der Waals surface area contributed by atoms with Gasteiger partial charge in [0, 0.05) is 30.2 Å². The number of anilines is 3. The van der Waals surface area contributed by atoms with Crippen LogP contribution in [0.4, 0.5) is 26.7 Å². The summed E-state index contributed by atoms with van der Waals surface area (Å²) in [5, 5.41) is 12.8. The Bertz CT molecular complexity index is 2080. The summed E-state index contributed by atoms with van der Waals surface area (Å²) in [5.74, 6) is -1.54. The molecule has 0 bridgehead atoms. The van der Waals surface area contributed by atoms with Crippen molar-refractivity contribution in [3.8, 4) is 0 Å². The maximum Gasteiger partial charge on any atom is 0.407 e. The van der Waals surface area contributed by atoms with E-state index in [2.05, 4.69) is 94.7 Å². The van der Waals surface area contributed by atoms with E-state index in [9.17, 15) is 28.8 Å². The van der Waals surface area contributed by atoms with Gasteiger partial charge >= 0.3 is 12.2 Å². The number of nitrogens with zero attached hydrogens (tertiary/aromatic N) is 3. The molecule has 4 N–H and O–H groups in total. The van der Waals surface area contributed by atoms with E-state index in [0.29, 0.717) is 50.1 Å². The molecule has 3 fully saturated rings. The summed E-state index contributed by atoms with van der Waals surface area (Å²) >= 11 is 0. The Morgan fingerprint density at radius 3 is 1.35 bits per heavy atom. The van der Waals surface area contributed by atoms with Gasteiger partial charge in [-0.1, -0.05) is 71.0 Å². The summed E-state index contributed by atoms with van der Waals surface area (Å²) in [6.45, 7) is 15.3. The van der Waals surface area contributed by atoms with Crippen LogP contribution in [0, 0.1) is 11.8 Å². The van der Waals surface area contributed by atoms with Gasteiger partial charge in [0.2, 0.25) is 23.6 Å². The third-order valence-corrected chi connectivity index (χ3v) is 17.5. The van der Waals surface area contributed by atoms with Crippen molar-refractivity contribution < 1.29 is 38.2 Å². The van der Waals surface area contributed by atoms with Gasteiger partial charge in [-0.25, -0.2) is 9.59 Å². The lowest BCUT2D eigenvalue weighted by atomic mass is 10.0. The van der Waals surface area contributed by atoms with Gasteiger partial charge in [-0.05, 0) is 97.9 Å². The Kier molecular flexibility index (Phi) is 16.2. The Labute approximate surface area is 390 Å². The molecule has 15 nitrogen and oxygen atoms in total. The zero-order chi connectivity index (χ0) is 47.9. The lowest BCUT2D eigenvalue weighted by molar-refractivity contribution is -0.139. The molecule has 3 aromatic rings. The number of nitrogens with one attached hydrogen (secondary N) is 4. The van der Waals surface area contributed by atoms with E-state index in [1.807, 2.05) is 52.0 Å². The summed E-state index contributed by atoms with van der Waals surface area (Å²) in [7, 11) is 0.936. The molecule has 3 saturated heterocycles. The molecule has 0 spiro atoms. The number of carbonyl (C=O) groups is 6. The first-order valence-corrected chi connectivity index (χ1v) is 26.7. The molecule has 3 aliphatic heterocycles. The number of likely N-dealkylation sites (tertiary alicyclic amines) is 2. The Hall–Kier alpha value is -5.90. The van der Waals surface area contributed by atoms with E-state index < -0.39 is 44.4 Å². The summed E-state index contributed by atoms with van der Waals surface area (Å²) in [6.07, 6.45) is 2.80. The van der Waals surface area contributed by atoms with Crippen LogP contribution in [0.25, 0.3) is 0 Å². The minimum absolute atomic E-state index is 0.0360. The van der Waals surface area contributed by atoms with Gasteiger partial charge in [0.05, 0.1) is 26.3 Å². The van der Waals surface area contributed by atoms with Crippen molar-refractivity contribution >= 4 is 66.1 Å². The molecular weight excluding hydrogens is 855 g/mol. The number of rotatable bonds is 15. The molecule has 66 heavy (non-hydrogen) atoms. The summed E-state index contributed by atoms with van der Waals surface area (Å²) in [5.41, 5.74) is 4.59. The van der Waals surface area contributed by atoms with Gasteiger partial charge in [0.1, 0.15) is 24.2 Å². The zero-order valence-corrected chi connectivity index (χ0v) is 41.0. The van der Waals surface area contributed by atoms with Crippen LogP contribution in [0.1, 0.15) is 96.4 Å². The average Bonchev–Trinajstić information content (AvgIpc) is 4.11. The molecule has 0 saturated carbocycles. The van der Waals surface area contributed by atoms with Crippen molar-refractivity contribution in [2.24, 2.45) is 11.8 Å². The number of ether oxygens (including phenoxy) is 2. The molecular formula is C50H69N7O8Si-. The largest absolute Gasteiger partial charge is 0.453 e. The monoisotopic (exact) mass is 923 g/mol. The molecule has 357 valence electrons. The first-order chi connectivity index (χ1) is 31.5. The van der Waals surface area contributed by atoms with Gasteiger partial charge in [-0.2, -0.15) is 24.3 Å². The fraction of sp³-hybridized carbons (Fsp3) is 0.520. The highest BCUT2D eigenvalue weighted by atomic mass is 28.3. The maximum absolute atomic E-state index is 13.7. The van der Waals surface area contributed by atoms with Crippen molar-refractivity contribution in [3.63, 3.8) is 0 Å². The van der Waals surface area contributed by atoms with Gasteiger partial charge in [0.25, 0.3) is 0 Å². The van der Waals surface area contributed by atoms with E-state index in [-0.39, 0.29) is 47.5 Å². The topological polar surface area (TPSA) is 179 Å². The number of carbonyl (C=O) groups excluding carboxylic acids is 6. The zero-order valence-electron chi connectivity index (χ0n) is 40.0. The number of hydrogen-bond acceptors (Lipinski definition) is 9. The molecule has 0 aliphatic carbocycles. The van der Waals surface area contributed by atoms with Crippen LogP contribution in [0.15, 0.2) is 72.8 Å². The van der Waals surface area contributed by atoms with Gasteiger partial charge in [-0.3, -0.25) is 19.2 Å². The Morgan fingerprint density at radius 1 is 0.606 bits per heavy atom. The molecule has 16 heteroatoms. The van der Waals surface area contributed by atoms with Gasteiger partial charge in [-0.15, -0.1) is 8.07 Å². The lowest BCUT2D eigenvalue weighted by Crippen LogP contribution is -2.54. The standard InChI is InChI=1S/C50H69N7O8Si/c1-10-66(8,9)38-25-23-37(24-26-38)57-39(33-15-19-35(20-16-33)51-45(58)41-13-11-29-55(41)47(60)43(31(2)3)53-49(62)64-6)27-28-40(57)34-17-21-36(22-18-34)52-46(59)42-14-12-30-56(42)48(61)44(32(4)5)54-50(63)65-7/h15-26,31-32,39-44H,10-14,27-30H2,1-9H3,(H,51,58)(H,52,59)(H,53,62)(H,54,63)/q-1/t39-,40+,41-,42-,43-,44-/m0/s1. The number of methoxy groups -OCH3 is 2. The highest BCUT2D eigenvalue weighted by Crippen LogP contribution is 2.47. The predicted octanol–water partition coefficient (Wildman–Crippen LogP) is 7.32. The summed E-state index contributed by atoms with van der Waals surface area (Å²) in [4.78, 5) is 84.3. The Morgan fingerprint density at radius 2 is 1.00 bits per heavy atom. The third kappa shape index (κ3) is 11.2. The van der Waals surface area contributed by atoms with Crippen LogP contribution in [0.5, 0.6) is 0 Å². The Balaban J connectivity index is 1.18. The normalized spacial score (nSPS) is 20.5. The van der Waals surface area contributed by atoms with Crippen LogP contribution < -0.4 is 31.4 Å². The summed E-state index contributed by atoms with van der Waals surface area (Å²) in [6, 6.07) is 23.3. The summed E-state index contributed by atoms with van der Waals surface area (Å²) < 4.78 is 9.50. The quantitative estimate of drug-likeness (QED) is 0.114. The SMILES string of the molecule is CC[Si-](C)(C)c1ccc(N2[C@@H](c3ccc(NC(=O)[C@@H]4CCCN4C(=O)[C@@H](NC(=O)OC)C(C)C)cc3)CC[C@H]2c2ccc(NC(=O)[C@@H]3CCCN3C(=O)[C@@H](NC(=O)OC)C(C)C)cc2)cc1. The van der Waals surface area contributed by atoms with Crippen molar-refractivity contribution in [2.45, 2.75) is 129 Å². The average molecular weight is 924 g/mol. The molecule has 0 unspecified atom stereocenters. The fourth-order valence-corrected chi connectivity index (χ4v) is 11.0. The maximum atomic E-state index is 13.7. The number of alkyl carbamates (subject to hydrolysis) is 2. The highest BCUT2D eigenvalue weighted by molar-refractivity contribution is 6.89. The minimum atomic E-state index is -1.57. The second-order valence-corrected chi connectivity index (χ2v) is 24.2. The molecule has 6 amide bonds. The molecule has 0 radical (unpaired) electrons. The second-order valence-electron chi connectivity index (χ2n) is 19.1. The number of benzene rings is 3. The first-order valence-electron chi connectivity index (χ1n) is 23.5. The van der Waals surface area contributed by atoms with Crippen LogP contribution in [0.2, 0.25) is 19.1 Å². The fourth-order valence-electron chi connectivity index (χ4n) is 9.51. The van der Waals surface area contributed by atoms with Gasteiger partial charge < -0.3 is 45.4 Å². The number of hydrogen-bond donors (Lipinski definition) is 4. The molecule has 6 atom stereocenters. The molecule has 3 heterocycles. The van der Waals surface area contributed by atoms with Crippen LogP contribution in [0.3, 0.4) is 0 Å². The molecule has 6 rings (SSSR count). The van der Waals surface area contributed by atoms with E-state index in [1.54, 1.807) is 9.80 Å². The first kappa shape index (κ1) is 49.5. The molecule has 0 aromatic heterocycles. The van der Waals surface area contributed by atoms with E-state index in [0.717, 1.165) is 35.7 Å².